The molecule has 3 rings (SSSR count). The first kappa shape index (κ1) is 17.5. The highest BCUT2D eigenvalue weighted by molar-refractivity contribution is 9.10. The minimum Gasteiger partial charge on any atom is -0.352 e. The molecule has 2 aromatic rings. The molecule has 1 aliphatic rings. The van der Waals surface area contributed by atoms with E-state index in [0.717, 1.165) is 26.2 Å². The highest BCUT2D eigenvalue weighted by Gasteiger charge is 2.20. The summed E-state index contributed by atoms with van der Waals surface area (Å²) in [6, 6.07) is 11.3. The molecule has 2 aromatic carbocycles. The maximum atomic E-state index is 12.3. The van der Waals surface area contributed by atoms with E-state index in [9.17, 15) is 9.59 Å². The Labute approximate surface area is 154 Å². The topological polar surface area (TPSA) is 58.5 Å². The second-order valence-corrected chi connectivity index (χ2v) is 7.06. The summed E-state index contributed by atoms with van der Waals surface area (Å²) in [6.45, 7) is 4.40. The van der Waals surface area contributed by atoms with Crippen LogP contribution in [0.1, 0.15) is 27.9 Å². The van der Waals surface area contributed by atoms with Crippen LogP contribution in [0, 0.1) is 19.8 Å². The molecule has 0 fully saturated rings. The molecule has 0 saturated carbocycles. The van der Waals surface area contributed by atoms with Crippen molar-refractivity contribution in [2.75, 3.05) is 6.54 Å². The van der Waals surface area contributed by atoms with Gasteiger partial charge in [-0.05, 0) is 59.5 Å². The third kappa shape index (κ3) is 3.71. The average Bonchev–Trinajstić information content (AvgIpc) is 2.59. The summed E-state index contributed by atoms with van der Waals surface area (Å²) in [6.07, 6.45) is 2.52. The van der Waals surface area contributed by atoms with Crippen molar-refractivity contribution in [3.05, 3.63) is 68.1 Å². The molecule has 0 aromatic heterocycles. The Kier molecular flexibility index (Phi) is 5.13. The van der Waals surface area contributed by atoms with Crippen LogP contribution in [0.25, 0.3) is 6.08 Å². The summed E-state index contributed by atoms with van der Waals surface area (Å²) >= 11 is 3.37. The van der Waals surface area contributed by atoms with Gasteiger partial charge in [0.05, 0.1) is 16.8 Å². The van der Waals surface area contributed by atoms with E-state index in [0.29, 0.717) is 18.5 Å². The predicted molar refractivity (Wildman–Crippen MR) is 101 cm³/mol. The number of nitrogens with zero attached hydrogens (tertiary/aromatic N) is 1. The van der Waals surface area contributed by atoms with Gasteiger partial charge >= 0.3 is 0 Å². The van der Waals surface area contributed by atoms with Crippen LogP contribution in [-0.4, -0.2) is 18.4 Å². The monoisotopic (exact) mass is 398 g/mol. The number of amides is 2. The zero-order valence-corrected chi connectivity index (χ0v) is 15.8. The molecule has 0 aliphatic carbocycles. The fourth-order valence-electron chi connectivity index (χ4n) is 2.93. The molecular weight excluding hydrogens is 380 g/mol. The van der Waals surface area contributed by atoms with E-state index >= 15 is 0 Å². The summed E-state index contributed by atoms with van der Waals surface area (Å²) in [5, 5.41) is 4.68. The number of nitrogens with one attached hydrogen (secondary N) is 1. The fourth-order valence-corrected chi connectivity index (χ4v) is 3.40. The molecule has 5 heteroatoms. The Bertz CT molecular complexity index is 966. The van der Waals surface area contributed by atoms with Gasteiger partial charge in [0.25, 0.3) is 11.8 Å². The highest BCUT2D eigenvalue weighted by Crippen LogP contribution is 2.16. The van der Waals surface area contributed by atoms with E-state index < -0.39 is 0 Å². The van der Waals surface area contributed by atoms with Crippen LogP contribution >= 0.6 is 15.9 Å². The van der Waals surface area contributed by atoms with Crippen LogP contribution in [0.5, 0.6) is 0 Å². The maximum Gasteiger partial charge on any atom is 0.253 e. The van der Waals surface area contributed by atoms with Crippen molar-refractivity contribution >= 4 is 33.8 Å². The van der Waals surface area contributed by atoms with Crippen molar-refractivity contribution < 1.29 is 9.59 Å². The van der Waals surface area contributed by atoms with E-state index in [1.807, 2.05) is 50.3 Å². The first-order valence-electron chi connectivity index (χ1n) is 8.20. The number of benzene rings is 2. The van der Waals surface area contributed by atoms with Crippen LogP contribution in [0.4, 0.5) is 0 Å². The lowest BCUT2D eigenvalue weighted by atomic mass is 9.97. The fraction of sp³-hybridized carbons (Fsp3) is 0.250. The van der Waals surface area contributed by atoms with E-state index in [4.69, 9.17) is 0 Å². The van der Waals surface area contributed by atoms with Gasteiger partial charge in [-0.1, -0.05) is 30.3 Å². The van der Waals surface area contributed by atoms with Gasteiger partial charge in [-0.15, -0.1) is 0 Å². The van der Waals surface area contributed by atoms with Gasteiger partial charge in [0.15, 0.2) is 0 Å². The molecule has 1 aliphatic heterocycles. The minimum atomic E-state index is -0.299. The Morgan fingerprint density at radius 3 is 2.64 bits per heavy atom. The maximum absolute atomic E-state index is 12.3. The molecule has 2 amide bonds. The number of halogens is 1. The van der Waals surface area contributed by atoms with Crippen molar-refractivity contribution in [3.8, 4) is 0 Å². The van der Waals surface area contributed by atoms with Crippen molar-refractivity contribution in [1.82, 2.24) is 5.32 Å². The number of rotatable bonds is 4. The quantitative estimate of drug-likeness (QED) is 0.859. The Morgan fingerprint density at radius 1 is 1.16 bits per heavy atom. The van der Waals surface area contributed by atoms with Crippen LogP contribution in [0.2, 0.25) is 0 Å². The molecule has 4 nitrogen and oxygen atoms in total. The Morgan fingerprint density at radius 2 is 1.88 bits per heavy atom. The van der Waals surface area contributed by atoms with Gasteiger partial charge in [0, 0.05) is 16.2 Å². The molecule has 1 N–H and O–H groups in total. The predicted octanol–water partition coefficient (Wildman–Crippen LogP) is 2.44. The highest BCUT2D eigenvalue weighted by atomic mass is 79.9. The van der Waals surface area contributed by atoms with Crippen molar-refractivity contribution in [1.29, 1.82) is 0 Å². The van der Waals surface area contributed by atoms with Crippen molar-refractivity contribution in [2.24, 2.45) is 10.9 Å². The van der Waals surface area contributed by atoms with Gasteiger partial charge in [-0.2, -0.15) is 0 Å². The van der Waals surface area contributed by atoms with Gasteiger partial charge in [0.1, 0.15) is 0 Å². The summed E-state index contributed by atoms with van der Waals surface area (Å²) in [5.74, 6) is -0.594. The zero-order valence-electron chi connectivity index (χ0n) is 14.2. The zero-order chi connectivity index (χ0) is 18.0. The first-order chi connectivity index (χ1) is 12.0. The molecule has 1 atom stereocenters. The third-order valence-electron chi connectivity index (χ3n) is 4.40. The number of carbonyl (C=O) groups is 2. The van der Waals surface area contributed by atoms with Gasteiger partial charge in [-0.25, -0.2) is 4.99 Å². The van der Waals surface area contributed by atoms with Crippen LogP contribution in [0.15, 0.2) is 45.9 Å². The largest absolute Gasteiger partial charge is 0.352 e. The van der Waals surface area contributed by atoms with Crippen LogP contribution < -0.4 is 15.9 Å². The van der Waals surface area contributed by atoms with Gasteiger partial charge < -0.3 is 5.32 Å². The lowest BCUT2D eigenvalue weighted by Crippen LogP contribution is -2.38. The summed E-state index contributed by atoms with van der Waals surface area (Å²) < 4.78 is 0.753. The lowest BCUT2D eigenvalue weighted by molar-refractivity contribution is -0.120. The summed E-state index contributed by atoms with van der Waals surface area (Å²) in [7, 11) is 0. The summed E-state index contributed by atoms with van der Waals surface area (Å²) in [5.41, 5.74) is 2.70. The molecule has 0 bridgehead atoms. The molecule has 128 valence electrons. The number of aryl methyl sites for hydroxylation is 2. The summed E-state index contributed by atoms with van der Waals surface area (Å²) in [4.78, 5) is 28.8. The van der Waals surface area contributed by atoms with Gasteiger partial charge in [-0.3, -0.25) is 9.59 Å². The molecule has 1 heterocycles. The number of carbonyl (C=O) groups excluding carboxylic acids is 2. The lowest BCUT2D eigenvalue weighted by Gasteiger charge is -2.14. The standard InChI is InChI=1S/C20H19BrN2O2/c1-12-7-8-13(2)18-16(12)11-14(19(24)23-18)9-10-22-20(25)15-5-3-4-6-17(15)21/h3-8,11,14H,9-10H2,1-2H3,(H,22,25). The second kappa shape index (κ2) is 7.31. The van der Waals surface area contributed by atoms with Crippen molar-refractivity contribution in [2.45, 2.75) is 20.3 Å². The van der Waals surface area contributed by atoms with E-state index in [1.165, 1.54) is 0 Å². The molecule has 0 spiro atoms. The Balaban J connectivity index is 1.71. The number of hydrogen-bond acceptors (Lipinski definition) is 2. The van der Waals surface area contributed by atoms with Gasteiger partial charge in [0.2, 0.25) is 0 Å². The van der Waals surface area contributed by atoms with Crippen LogP contribution in [0.3, 0.4) is 0 Å². The first-order valence-corrected chi connectivity index (χ1v) is 9.00. The third-order valence-corrected chi connectivity index (χ3v) is 5.09. The van der Waals surface area contributed by atoms with Crippen LogP contribution in [-0.2, 0) is 4.79 Å². The SMILES string of the molecule is Cc1ccc(C)c2c1=CC(CCNC(=O)c1ccccc1Br)C(=O)N=2. The Hall–Kier alpha value is -2.27. The number of hydrogen-bond donors (Lipinski definition) is 1. The average molecular weight is 399 g/mol. The molecule has 0 saturated heterocycles. The molecule has 1 unspecified atom stereocenters. The molecule has 25 heavy (non-hydrogen) atoms. The normalized spacial score (nSPS) is 15.8. The smallest absolute Gasteiger partial charge is 0.253 e. The van der Waals surface area contributed by atoms with E-state index in [-0.39, 0.29) is 17.7 Å². The second-order valence-electron chi connectivity index (χ2n) is 6.21. The molecule has 0 radical (unpaired) electrons. The van der Waals surface area contributed by atoms with E-state index in [2.05, 4.69) is 26.2 Å². The van der Waals surface area contributed by atoms with E-state index in [1.54, 1.807) is 6.07 Å². The minimum absolute atomic E-state index is 0.142. The molecular formula is C20H19BrN2O2. The van der Waals surface area contributed by atoms with Crippen molar-refractivity contribution in [3.63, 3.8) is 0 Å². The number of fused-ring (bicyclic) bond motifs is 1.